The molecule has 0 radical (unpaired) electrons. The minimum Gasteiger partial charge on any atom is -0.370 e. The van der Waals surface area contributed by atoms with E-state index in [2.05, 4.69) is 64.1 Å². The van der Waals surface area contributed by atoms with Crippen molar-refractivity contribution in [1.29, 1.82) is 0 Å². The highest BCUT2D eigenvalue weighted by atomic mass is 79.9. The number of rotatable bonds is 6. The molecule has 0 amide bonds. The molecule has 1 aromatic carbocycles. The Morgan fingerprint density at radius 3 is 2.76 bits per heavy atom. The summed E-state index contributed by atoms with van der Waals surface area (Å²) in [6.45, 7) is 7.44. The summed E-state index contributed by atoms with van der Waals surface area (Å²) in [5, 5.41) is 4.43. The molecule has 0 aliphatic rings. The van der Waals surface area contributed by atoms with E-state index >= 15 is 0 Å². The number of anilines is 1. The second-order valence-corrected chi connectivity index (χ2v) is 7.06. The van der Waals surface area contributed by atoms with Crippen LogP contribution in [0.1, 0.15) is 38.7 Å². The summed E-state index contributed by atoms with van der Waals surface area (Å²) >= 11 is 5.20. The molecule has 3 nitrogen and oxygen atoms in total. The fraction of sp³-hybridized carbons (Fsp3) is 0.375. The van der Waals surface area contributed by atoms with E-state index < -0.39 is 0 Å². The van der Waals surface area contributed by atoms with E-state index in [1.54, 1.807) is 18.1 Å². The maximum Gasteiger partial charge on any atom is 0.134 e. The van der Waals surface area contributed by atoms with E-state index in [-0.39, 0.29) is 0 Å². The van der Waals surface area contributed by atoms with Gasteiger partial charge in [-0.15, -0.1) is 0 Å². The molecule has 21 heavy (non-hydrogen) atoms. The van der Waals surface area contributed by atoms with Gasteiger partial charge in [0, 0.05) is 21.5 Å². The van der Waals surface area contributed by atoms with E-state index in [9.17, 15) is 0 Å². The molecule has 0 aliphatic heterocycles. The largest absolute Gasteiger partial charge is 0.370 e. The zero-order chi connectivity index (χ0) is 15.2. The molecule has 0 bridgehead atoms. The number of halogens is 1. The molecule has 0 atom stereocenters. The van der Waals surface area contributed by atoms with Crippen LogP contribution in [0.4, 0.5) is 5.82 Å². The zero-order valence-electron chi connectivity index (χ0n) is 12.6. The second-order valence-electron chi connectivity index (χ2n) is 5.08. The van der Waals surface area contributed by atoms with Gasteiger partial charge in [-0.05, 0) is 30.5 Å². The molecule has 112 valence electrons. The van der Waals surface area contributed by atoms with Crippen LogP contribution in [-0.4, -0.2) is 16.5 Å². The van der Waals surface area contributed by atoms with Crippen molar-refractivity contribution >= 4 is 33.5 Å². The summed E-state index contributed by atoms with van der Waals surface area (Å²) in [6, 6.07) is 8.28. The molecule has 0 saturated carbocycles. The van der Waals surface area contributed by atoms with Gasteiger partial charge in [-0.3, -0.25) is 0 Å². The fourth-order valence-corrected chi connectivity index (χ4v) is 3.66. The van der Waals surface area contributed by atoms with Gasteiger partial charge in [-0.25, -0.2) is 9.97 Å². The van der Waals surface area contributed by atoms with E-state index in [0.29, 0.717) is 5.92 Å². The lowest BCUT2D eigenvalue weighted by Gasteiger charge is -2.16. The molecule has 1 N–H and O–H groups in total. The number of hydrogen-bond donors (Lipinski definition) is 1. The highest BCUT2D eigenvalue weighted by molar-refractivity contribution is 9.10. The lowest BCUT2D eigenvalue weighted by Crippen LogP contribution is -2.08. The second kappa shape index (κ2) is 7.80. The van der Waals surface area contributed by atoms with Crippen LogP contribution in [0.15, 0.2) is 45.0 Å². The Kier molecular flexibility index (Phi) is 6.06. The molecule has 0 spiro atoms. The van der Waals surface area contributed by atoms with Gasteiger partial charge in [0.15, 0.2) is 0 Å². The first-order valence-electron chi connectivity index (χ1n) is 7.14. The standard InChI is InChI=1S/C16H20BrN3S/c1-4-8-18-15-14(11(2)3)16(20-10-19-15)21-13-7-5-6-12(17)9-13/h5-7,9-11H,4,8H2,1-3H3,(H,18,19,20). The number of hydrogen-bond acceptors (Lipinski definition) is 4. The van der Waals surface area contributed by atoms with Crippen LogP contribution in [-0.2, 0) is 0 Å². The first-order valence-corrected chi connectivity index (χ1v) is 8.75. The van der Waals surface area contributed by atoms with Gasteiger partial charge >= 0.3 is 0 Å². The number of aromatic nitrogens is 2. The Balaban J connectivity index is 2.33. The highest BCUT2D eigenvalue weighted by Crippen LogP contribution is 2.36. The molecule has 0 unspecified atom stereocenters. The van der Waals surface area contributed by atoms with Crippen molar-refractivity contribution in [2.24, 2.45) is 0 Å². The first kappa shape index (κ1) is 16.3. The van der Waals surface area contributed by atoms with Crippen LogP contribution < -0.4 is 5.32 Å². The molecule has 0 fully saturated rings. The van der Waals surface area contributed by atoms with Gasteiger partial charge in [0.05, 0.1) is 0 Å². The third-order valence-corrected chi connectivity index (χ3v) is 4.48. The van der Waals surface area contributed by atoms with Crippen LogP contribution in [0.3, 0.4) is 0 Å². The van der Waals surface area contributed by atoms with E-state index in [1.807, 2.05) is 12.1 Å². The minimum atomic E-state index is 0.375. The van der Waals surface area contributed by atoms with E-state index in [1.165, 1.54) is 10.5 Å². The summed E-state index contributed by atoms with van der Waals surface area (Å²) in [5.74, 6) is 1.33. The zero-order valence-corrected chi connectivity index (χ0v) is 15.0. The van der Waals surface area contributed by atoms with Gasteiger partial charge in [0.2, 0.25) is 0 Å². The Morgan fingerprint density at radius 2 is 2.10 bits per heavy atom. The topological polar surface area (TPSA) is 37.8 Å². The summed E-state index contributed by atoms with van der Waals surface area (Å²) in [6.07, 6.45) is 2.72. The Hall–Kier alpha value is -1.07. The van der Waals surface area contributed by atoms with E-state index in [4.69, 9.17) is 0 Å². The third kappa shape index (κ3) is 4.45. The van der Waals surface area contributed by atoms with Gasteiger partial charge in [-0.2, -0.15) is 0 Å². The Morgan fingerprint density at radius 1 is 1.29 bits per heavy atom. The molecule has 1 aromatic heterocycles. The van der Waals surface area contributed by atoms with Crippen LogP contribution in [0, 0.1) is 0 Å². The molecular weight excluding hydrogens is 346 g/mol. The van der Waals surface area contributed by atoms with Crippen LogP contribution in [0.2, 0.25) is 0 Å². The van der Waals surface area contributed by atoms with Crippen LogP contribution in [0.5, 0.6) is 0 Å². The monoisotopic (exact) mass is 365 g/mol. The first-order chi connectivity index (χ1) is 10.1. The Labute approximate surface area is 139 Å². The van der Waals surface area contributed by atoms with Gasteiger partial charge in [0.1, 0.15) is 17.2 Å². The summed E-state index contributed by atoms with van der Waals surface area (Å²) < 4.78 is 1.08. The van der Waals surface area contributed by atoms with Gasteiger partial charge in [-0.1, -0.05) is 54.5 Å². The van der Waals surface area contributed by atoms with Crippen LogP contribution >= 0.6 is 27.7 Å². The molecule has 0 saturated heterocycles. The fourth-order valence-electron chi connectivity index (χ4n) is 2.01. The summed E-state index contributed by atoms with van der Waals surface area (Å²) in [7, 11) is 0. The quantitative estimate of drug-likeness (QED) is 0.701. The van der Waals surface area contributed by atoms with Crippen LogP contribution in [0.25, 0.3) is 0 Å². The predicted molar refractivity (Wildman–Crippen MR) is 93.2 cm³/mol. The van der Waals surface area contributed by atoms with Gasteiger partial charge in [0.25, 0.3) is 0 Å². The lowest BCUT2D eigenvalue weighted by molar-refractivity contribution is 0.800. The highest BCUT2D eigenvalue weighted by Gasteiger charge is 2.15. The molecule has 1 heterocycles. The van der Waals surface area contributed by atoms with Crippen molar-refractivity contribution in [3.63, 3.8) is 0 Å². The number of nitrogens with one attached hydrogen (secondary N) is 1. The maximum absolute atomic E-state index is 4.49. The maximum atomic E-state index is 4.49. The molecular formula is C16H20BrN3S. The lowest BCUT2D eigenvalue weighted by atomic mass is 10.1. The van der Waals surface area contributed by atoms with Crippen molar-refractivity contribution in [2.75, 3.05) is 11.9 Å². The predicted octanol–water partition coefficient (Wildman–Crippen LogP) is 5.34. The number of nitrogens with zero attached hydrogens (tertiary/aromatic N) is 2. The van der Waals surface area contributed by atoms with Crippen molar-refractivity contribution in [3.05, 3.63) is 40.6 Å². The number of benzene rings is 1. The third-order valence-electron chi connectivity index (χ3n) is 2.98. The van der Waals surface area contributed by atoms with Crippen molar-refractivity contribution < 1.29 is 0 Å². The summed E-state index contributed by atoms with van der Waals surface area (Å²) in [4.78, 5) is 10.1. The average molecular weight is 366 g/mol. The average Bonchev–Trinajstić information content (AvgIpc) is 2.45. The SMILES string of the molecule is CCCNc1ncnc(Sc2cccc(Br)c2)c1C(C)C. The van der Waals surface area contributed by atoms with E-state index in [0.717, 1.165) is 28.3 Å². The Bertz CT molecular complexity index is 602. The van der Waals surface area contributed by atoms with Crippen molar-refractivity contribution in [3.8, 4) is 0 Å². The molecule has 0 aliphatic carbocycles. The van der Waals surface area contributed by atoms with Crippen molar-refractivity contribution in [2.45, 2.75) is 43.0 Å². The smallest absolute Gasteiger partial charge is 0.134 e. The minimum absolute atomic E-state index is 0.375. The molecule has 2 aromatic rings. The molecule has 5 heteroatoms. The normalized spacial score (nSPS) is 10.9. The van der Waals surface area contributed by atoms with Crippen molar-refractivity contribution in [1.82, 2.24) is 9.97 Å². The molecule has 2 rings (SSSR count). The summed E-state index contributed by atoms with van der Waals surface area (Å²) in [5.41, 5.74) is 1.19. The van der Waals surface area contributed by atoms with Gasteiger partial charge < -0.3 is 5.32 Å².